The van der Waals surface area contributed by atoms with Crippen LogP contribution in [0, 0.1) is 5.41 Å². The van der Waals surface area contributed by atoms with Gasteiger partial charge in [0.25, 0.3) is 5.92 Å². The lowest BCUT2D eigenvalue weighted by Crippen LogP contribution is -2.56. The molecule has 21 heteroatoms. The van der Waals surface area contributed by atoms with Gasteiger partial charge >= 0.3 is 36.4 Å². The molecule has 4 heterocycles. The van der Waals surface area contributed by atoms with Crippen molar-refractivity contribution >= 4 is 23.7 Å². The highest BCUT2D eigenvalue weighted by molar-refractivity contribution is 5.73. The van der Waals surface area contributed by atoms with Crippen LogP contribution in [-0.2, 0) is 20.9 Å². The molecule has 2 aliphatic rings. The quantitative estimate of drug-likeness (QED) is 0.373. The number of piperidine rings is 1. The van der Waals surface area contributed by atoms with E-state index in [0.717, 1.165) is 11.4 Å². The van der Waals surface area contributed by atoms with Gasteiger partial charge in [-0.15, -0.1) is 0 Å². The van der Waals surface area contributed by atoms with Crippen molar-refractivity contribution in [3.8, 4) is 0 Å². The molecule has 258 valence electrons. The number of carboxylic acids is 3. The van der Waals surface area contributed by atoms with Crippen LogP contribution in [-0.4, -0.2) is 98.7 Å². The number of hydrogen-bond acceptors (Lipinski definition) is 7. The fourth-order valence-electron chi connectivity index (χ4n) is 4.11. The van der Waals surface area contributed by atoms with Crippen molar-refractivity contribution in [3.63, 3.8) is 0 Å². The molecule has 2 aliphatic heterocycles. The summed E-state index contributed by atoms with van der Waals surface area (Å²) in [6.07, 6.45) is -9.57. The van der Waals surface area contributed by atoms with E-state index in [1.807, 2.05) is 41.4 Å². The Labute approximate surface area is 252 Å². The van der Waals surface area contributed by atoms with Gasteiger partial charge < -0.3 is 20.2 Å². The zero-order valence-electron chi connectivity index (χ0n) is 23.1. The Morgan fingerprint density at radius 3 is 1.67 bits per heavy atom. The lowest BCUT2D eigenvalue weighted by atomic mass is 9.75. The van der Waals surface area contributed by atoms with E-state index in [1.165, 1.54) is 0 Å². The van der Waals surface area contributed by atoms with Gasteiger partial charge in [-0.1, -0.05) is 12.1 Å². The van der Waals surface area contributed by atoms with Gasteiger partial charge in [0.05, 0.1) is 5.41 Å². The zero-order chi connectivity index (χ0) is 35.6. The molecule has 0 radical (unpaired) electrons. The monoisotopic (exact) mass is 686 g/mol. The minimum Gasteiger partial charge on any atom is -0.475 e. The summed E-state index contributed by atoms with van der Waals surface area (Å²) in [5, 5.41) is 21.4. The number of nitrogens with zero attached hydrogens (tertiary/aromatic N) is 4. The van der Waals surface area contributed by atoms with Gasteiger partial charge in [-0.25, -0.2) is 28.1 Å². The van der Waals surface area contributed by atoms with E-state index in [-0.39, 0.29) is 6.42 Å². The number of carboxylic acid groups (broad SMARTS) is 3. The van der Waals surface area contributed by atoms with Crippen molar-refractivity contribution in [2.45, 2.75) is 43.8 Å². The molecule has 2 aromatic rings. The molecule has 2 saturated heterocycles. The largest absolute Gasteiger partial charge is 0.490 e. The molecule has 2 fully saturated rings. The normalized spacial score (nSPS) is 19.4. The minimum atomic E-state index is -5.08. The second-order valence-corrected chi connectivity index (χ2v) is 9.57. The third kappa shape index (κ3) is 12.6. The lowest BCUT2D eigenvalue weighted by molar-refractivity contribution is -0.193. The number of alkyl halides is 11. The number of hydrogen-bond donors (Lipinski definition) is 3. The molecule has 2 aromatic heterocycles. The Morgan fingerprint density at radius 2 is 1.26 bits per heavy atom. The molecule has 0 bridgehead atoms. The summed E-state index contributed by atoms with van der Waals surface area (Å²) in [6.45, 7) is 2.51. The highest BCUT2D eigenvalue weighted by Gasteiger charge is 2.59. The molecule has 4 rings (SSSR count). The average molecular weight is 686 g/mol. The summed E-state index contributed by atoms with van der Waals surface area (Å²) >= 11 is 0. The van der Waals surface area contributed by atoms with Crippen LogP contribution >= 0.6 is 0 Å². The van der Waals surface area contributed by atoms with E-state index in [4.69, 9.17) is 29.7 Å². The molecule has 10 nitrogen and oxygen atoms in total. The summed E-state index contributed by atoms with van der Waals surface area (Å²) < 4.78 is 125. The second-order valence-electron chi connectivity index (χ2n) is 9.57. The topological polar surface area (TPSA) is 144 Å². The van der Waals surface area contributed by atoms with E-state index in [9.17, 15) is 48.3 Å². The minimum absolute atomic E-state index is 0.0800. The molecular weight excluding hydrogens is 661 g/mol. The Morgan fingerprint density at radius 1 is 0.739 bits per heavy atom. The summed E-state index contributed by atoms with van der Waals surface area (Å²) in [5.74, 6) is -10.1. The number of rotatable bonds is 3. The smallest absolute Gasteiger partial charge is 0.475 e. The first-order valence-corrected chi connectivity index (χ1v) is 12.5. The predicted molar refractivity (Wildman–Crippen MR) is 134 cm³/mol. The first-order valence-electron chi connectivity index (χ1n) is 12.5. The predicted octanol–water partition coefficient (Wildman–Crippen LogP) is 5.11. The van der Waals surface area contributed by atoms with E-state index in [2.05, 4.69) is 14.9 Å². The number of halogens is 11. The number of aliphatic carboxylic acids is 3. The van der Waals surface area contributed by atoms with E-state index < -0.39 is 47.8 Å². The van der Waals surface area contributed by atoms with Gasteiger partial charge in [0.2, 0.25) is 0 Å². The van der Waals surface area contributed by atoms with Crippen LogP contribution in [0.1, 0.15) is 18.4 Å². The fourth-order valence-corrected chi connectivity index (χ4v) is 4.11. The van der Waals surface area contributed by atoms with Crippen LogP contribution in [0.2, 0.25) is 0 Å². The van der Waals surface area contributed by atoms with Gasteiger partial charge in [0.15, 0.2) is 0 Å². The molecule has 1 atom stereocenters. The Kier molecular flexibility index (Phi) is 13.7. The number of anilines is 1. The van der Waals surface area contributed by atoms with Crippen molar-refractivity contribution in [2.75, 3.05) is 31.1 Å². The van der Waals surface area contributed by atoms with Gasteiger partial charge in [-0.3, -0.25) is 9.88 Å². The molecule has 0 aromatic carbocycles. The first-order chi connectivity index (χ1) is 20.9. The highest BCUT2D eigenvalue weighted by atomic mass is 19.4. The number of likely N-dealkylation sites (tertiary alicyclic amines) is 1. The van der Waals surface area contributed by atoms with Crippen molar-refractivity contribution < 1.29 is 78.0 Å². The summed E-state index contributed by atoms with van der Waals surface area (Å²) in [7, 11) is 0. The van der Waals surface area contributed by atoms with E-state index in [1.54, 1.807) is 12.4 Å². The summed E-state index contributed by atoms with van der Waals surface area (Å²) in [5.41, 5.74) is 0.0766. The van der Waals surface area contributed by atoms with E-state index >= 15 is 0 Å². The maximum atomic E-state index is 14.9. The van der Waals surface area contributed by atoms with Crippen molar-refractivity contribution in [2.24, 2.45) is 5.41 Å². The zero-order valence-corrected chi connectivity index (χ0v) is 23.1. The van der Waals surface area contributed by atoms with Crippen LogP contribution in [0.25, 0.3) is 0 Å². The molecular formula is C25H25F11N4O6. The maximum Gasteiger partial charge on any atom is 0.490 e. The average Bonchev–Trinajstić information content (AvgIpc) is 3.37. The number of carbonyl (C=O) groups is 3. The third-order valence-corrected chi connectivity index (χ3v) is 6.23. The van der Waals surface area contributed by atoms with Crippen LogP contribution < -0.4 is 4.90 Å². The van der Waals surface area contributed by atoms with Crippen molar-refractivity contribution in [1.29, 1.82) is 0 Å². The molecule has 0 aliphatic carbocycles. The number of aromatic nitrogens is 2. The van der Waals surface area contributed by atoms with Crippen molar-refractivity contribution in [1.82, 2.24) is 14.9 Å². The molecule has 1 unspecified atom stereocenters. The Bertz CT molecular complexity index is 1220. The number of pyridine rings is 2. The van der Waals surface area contributed by atoms with Gasteiger partial charge in [0, 0.05) is 57.7 Å². The van der Waals surface area contributed by atoms with E-state index in [0.29, 0.717) is 39.1 Å². The summed E-state index contributed by atoms with van der Waals surface area (Å²) in [4.78, 5) is 39.3. The van der Waals surface area contributed by atoms with Gasteiger partial charge in [-0.05, 0) is 30.2 Å². The highest BCUT2D eigenvalue weighted by Crippen LogP contribution is 2.50. The van der Waals surface area contributed by atoms with Crippen molar-refractivity contribution in [3.05, 3.63) is 54.5 Å². The van der Waals surface area contributed by atoms with Crippen LogP contribution in [0.15, 0.2) is 48.9 Å². The van der Waals surface area contributed by atoms with Gasteiger partial charge in [-0.2, -0.15) is 39.5 Å². The molecule has 0 amide bonds. The van der Waals surface area contributed by atoms with Crippen LogP contribution in [0.5, 0.6) is 0 Å². The fraction of sp³-hybridized carbons (Fsp3) is 0.480. The second kappa shape index (κ2) is 15.8. The maximum absolute atomic E-state index is 14.9. The molecule has 0 saturated carbocycles. The van der Waals surface area contributed by atoms with Crippen LogP contribution in [0.4, 0.5) is 54.1 Å². The lowest BCUT2D eigenvalue weighted by Gasteiger charge is -2.46. The third-order valence-electron chi connectivity index (χ3n) is 6.23. The van der Waals surface area contributed by atoms with Gasteiger partial charge in [0.1, 0.15) is 5.82 Å². The standard InChI is InChI=1S/C19H22F2N4.3C2HF3O2/c20-19(21)7-10-24(13-16-4-3-8-22-12-16)14-18(19)6-11-25(15-18)17-5-1-2-9-23-17;3*3-2(4,5)1(6)7/h1-5,8-9,12H,6-7,10-11,13-15H2;3*(H,6,7). The molecule has 1 spiro atoms. The summed E-state index contributed by atoms with van der Waals surface area (Å²) in [6, 6.07) is 9.54. The Hall–Kier alpha value is -4.30. The molecule has 3 N–H and O–H groups in total. The first kappa shape index (κ1) is 39.7. The van der Waals surface area contributed by atoms with Crippen LogP contribution in [0.3, 0.4) is 0 Å². The Balaban J connectivity index is 0.000000413. The SMILES string of the molecule is FC1(F)CCN(Cc2cccnc2)CC12CCN(c1ccccn1)C2.O=C(O)C(F)(F)F.O=C(O)C(F)(F)F.O=C(O)C(F)(F)F. The molecule has 46 heavy (non-hydrogen) atoms.